The molecular formula is C18H25F3N2O2. The molecule has 0 saturated carbocycles. The van der Waals surface area contributed by atoms with Gasteiger partial charge in [0.2, 0.25) is 5.91 Å². The Labute approximate surface area is 146 Å². The summed E-state index contributed by atoms with van der Waals surface area (Å²) in [5.41, 5.74) is 1.11. The predicted octanol–water partition coefficient (Wildman–Crippen LogP) is 3.90. The van der Waals surface area contributed by atoms with Gasteiger partial charge in [0.05, 0.1) is 0 Å². The third-order valence-corrected chi connectivity index (χ3v) is 4.50. The molecular weight excluding hydrogens is 333 g/mol. The van der Waals surface area contributed by atoms with Crippen molar-refractivity contribution in [1.82, 2.24) is 5.32 Å². The molecule has 1 heterocycles. The Morgan fingerprint density at radius 3 is 2.80 bits per heavy atom. The second-order valence-corrected chi connectivity index (χ2v) is 6.72. The normalized spacial score (nSPS) is 19.3. The molecule has 1 amide bonds. The summed E-state index contributed by atoms with van der Waals surface area (Å²) in [6, 6.07) is 4.63. The van der Waals surface area contributed by atoms with Crippen molar-refractivity contribution in [2.24, 2.45) is 11.8 Å². The van der Waals surface area contributed by atoms with E-state index >= 15 is 0 Å². The largest absolute Gasteiger partial charge is 0.484 e. The molecule has 1 aromatic carbocycles. The summed E-state index contributed by atoms with van der Waals surface area (Å²) in [7, 11) is 0. The van der Waals surface area contributed by atoms with Crippen LogP contribution >= 0.6 is 0 Å². The molecule has 1 fully saturated rings. The van der Waals surface area contributed by atoms with Gasteiger partial charge >= 0.3 is 6.18 Å². The van der Waals surface area contributed by atoms with Crippen LogP contribution in [0.5, 0.6) is 5.75 Å². The summed E-state index contributed by atoms with van der Waals surface area (Å²) in [5, 5.41) is 6.16. The quantitative estimate of drug-likeness (QED) is 0.811. The summed E-state index contributed by atoms with van der Waals surface area (Å²) in [6.45, 7) is 4.39. The van der Waals surface area contributed by atoms with E-state index in [9.17, 15) is 18.0 Å². The molecule has 1 aliphatic heterocycles. The van der Waals surface area contributed by atoms with Crippen molar-refractivity contribution in [2.75, 3.05) is 25.0 Å². The fourth-order valence-electron chi connectivity index (χ4n) is 3.08. The molecule has 2 rings (SSSR count). The number of hydrogen-bond acceptors (Lipinski definition) is 3. The topological polar surface area (TPSA) is 50.4 Å². The molecule has 1 saturated heterocycles. The highest BCUT2D eigenvalue weighted by Gasteiger charge is 2.28. The van der Waals surface area contributed by atoms with Crippen molar-refractivity contribution in [2.45, 2.75) is 39.3 Å². The lowest BCUT2D eigenvalue weighted by Gasteiger charge is -2.28. The number of hydrogen-bond donors (Lipinski definition) is 2. The average Bonchev–Trinajstić information content (AvgIpc) is 2.54. The van der Waals surface area contributed by atoms with E-state index in [0.29, 0.717) is 23.6 Å². The Morgan fingerprint density at radius 1 is 1.44 bits per heavy atom. The van der Waals surface area contributed by atoms with Gasteiger partial charge in [-0.3, -0.25) is 4.79 Å². The van der Waals surface area contributed by atoms with E-state index in [4.69, 9.17) is 4.74 Å². The number of nitrogens with one attached hydrogen (secondary N) is 2. The van der Waals surface area contributed by atoms with E-state index in [2.05, 4.69) is 17.6 Å². The second kappa shape index (κ2) is 8.56. The molecule has 2 N–H and O–H groups in total. The summed E-state index contributed by atoms with van der Waals surface area (Å²) in [5.74, 6) is 0.862. The fraction of sp³-hybridized carbons (Fsp3) is 0.611. The van der Waals surface area contributed by atoms with Crippen LogP contribution < -0.4 is 15.4 Å². The van der Waals surface area contributed by atoms with Gasteiger partial charge in [0.15, 0.2) is 6.61 Å². The number of carbonyl (C=O) groups excluding carboxylic acids is 1. The highest BCUT2D eigenvalue weighted by Crippen LogP contribution is 2.26. The summed E-state index contributed by atoms with van der Waals surface area (Å²) in [6.07, 6.45) is -1.68. The highest BCUT2D eigenvalue weighted by molar-refractivity contribution is 5.91. The monoisotopic (exact) mass is 358 g/mol. The molecule has 1 aliphatic rings. The number of amides is 1. The van der Waals surface area contributed by atoms with Crippen molar-refractivity contribution < 1.29 is 22.7 Å². The first-order valence-corrected chi connectivity index (χ1v) is 8.55. The molecule has 4 nitrogen and oxygen atoms in total. The Morgan fingerprint density at radius 2 is 2.20 bits per heavy atom. The first kappa shape index (κ1) is 19.6. The molecule has 2 atom stereocenters. The fourth-order valence-corrected chi connectivity index (χ4v) is 3.08. The molecule has 0 aliphatic carbocycles. The number of benzene rings is 1. The maximum atomic E-state index is 12.2. The Hall–Kier alpha value is -1.76. The lowest BCUT2D eigenvalue weighted by Crippen LogP contribution is -2.34. The van der Waals surface area contributed by atoms with Crippen LogP contribution in [0.25, 0.3) is 0 Å². The van der Waals surface area contributed by atoms with Crippen molar-refractivity contribution >= 4 is 11.6 Å². The lowest BCUT2D eigenvalue weighted by atomic mass is 9.85. The van der Waals surface area contributed by atoms with Crippen LogP contribution in [-0.4, -0.2) is 31.8 Å². The van der Waals surface area contributed by atoms with Gasteiger partial charge in [-0.15, -0.1) is 0 Å². The number of alkyl halides is 3. The van der Waals surface area contributed by atoms with Crippen molar-refractivity contribution in [1.29, 1.82) is 0 Å². The van der Waals surface area contributed by atoms with Crippen LogP contribution in [0.4, 0.5) is 18.9 Å². The zero-order valence-corrected chi connectivity index (χ0v) is 14.6. The number of rotatable bonds is 6. The van der Waals surface area contributed by atoms with Crippen molar-refractivity contribution in [3.63, 3.8) is 0 Å². The van der Waals surface area contributed by atoms with Crippen LogP contribution in [-0.2, 0) is 4.79 Å². The molecule has 7 heteroatoms. The third-order valence-electron chi connectivity index (χ3n) is 4.50. The average molecular weight is 358 g/mol. The SMILES string of the molecule is Cc1cc(NC(=O)CC(C)C2CCCNC2)ccc1OCC(F)(F)F. The zero-order valence-electron chi connectivity index (χ0n) is 14.6. The van der Waals surface area contributed by atoms with Gasteiger partial charge < -0.3 is 15.4 Å². The number of carbonyl (C=O) groups is 1. The minimum atomic E-state index is -4.37. The first-order valence-electron chi connectivity index (χ1n) is 8.55. The van der Waals surface area contributed by atoms with E-state index in [1.807, 2.05) is 0 Å². The molecule has 140 valence electrons. The molecule has 1 aromatic rings. The maximum absolute atomic E-state index is 12.2. The summed E-state index contributed by atoms with van der Waals surface area (Å²) >= 11 is 0. The summed E-state index contributed by atoms with van der Waals surface area (Å²) in [4.78, 5) is 12.2. The standard InChI is InChI=1S/C18H25F3N2O2/c1-12(14-4-3-7-22-10-14)9-17(24)23-15-5-6-16(13(2)8-15)25-11-18(19,20)21/h5-6,8,12,14,22H,3-4,7,9-11H2,1-2H3,(H,23,24). The highest BCUT2D eigenvalue weighted by atomic mass is 19.4. The molecule has 2 unspecified atom stereocenters. The van der Waals surface area contributed by atoms with Crippen LogP contribution in [0.15, 0.2) is 18.2 Å². The minimum Gasteiger partial charge on any atom is -0.484 e. The molecule has 25 heavy (non-hydrogen) atoms. The Kier molecular flexibility index (Phi) is 6.70. The third kappa shape index (κ3) is 6.57. The van der Waals surface area contributed by atoms with Gasteiger partial charge in [0, 0.05) is 12.1 Å². The Balaban J connectivity index is 1.87. The van der Waals surface area contributed by atoms with E-state index in [0.717, 1.165) is 25.9 Å². The molecule has 0 spiro atoms. The van der Waals surface area contributed by atoms with Gasteiger partial charge in [-0.25, -0.2) is 0 Å². The van der Waals surface area contributed by atoms with Crippen LogP contribution in [0, 0.1) is 18.8 Å². The number of ether oxygens (including phenoxy) is 1. The van der Waals surface area contributed by atoms with Crippen LogP contribution in [0.1, 0.15) is 31.7 Å². The van der Waals surface area contributed by atoms with E-state index < -0.39 is 12.8 Å². The van der Waals surface area contributed by atoms with Crippen LogP contribution in [0.2, 0.25) is 0 Å². The van der Waals surface area contributed by atoms with Gasteiger partial charge in [0.1, 0.15) is 5.75 Å². The van der Waals surface area contributed by atoms with E-state index in [1.165, 1.54) is 6.07 Å². The number of piperidine rings is 1. The van der Waals surface area contributed by atoms with Gasteiger partial charge in [0.25, 0.3) is 0 Å². The number of aryl methyl sites for hydroxylation is 1. The van der Waals surface area contributed by atoms with E-state index in [1.54, 1.807) is 19.1 Å². The molecule has 0 aromatic heterocycles. The predicted molar refractivity (Wildman–Crippen MR) is 90.7 cm³/mol. The van der Waals surface area contributed by atoms with Gasteiger partial charge in [-0.2, -0.15) is 13.2 Å². The maximum Gasteiger partial charge on any atom is 0.422 e. The molecule has 0 bridgehead atoms. The van der Waals surface area contributed by atoms with Gasteiger partial charge in [-0.05, 0) is 68.5 Å². The van der Waals surface area contributed by atoms with E-state index in [-0.39, 0.29) is 17.6 Å². The van der Waals surface area contributed by atoms with Crippen molar-refractivity contribution in [3.8, 4) is 5.75 Å². The summed E-state index contributed by atoms with van der Waals surface area (Å²) < 4.78 is 41.4. The first-order chi connectivity index (χ1) is 11.7. The van der Waals surface area contributed by atoms with Crippen LogP contribution in [0.3, 0.4) is 0 Å². The smallest absolute Gasteiger partial charge is 0.422 e. The second-order valence-electron chi connectivity index (χ2n) is 6.72. The zero-order chi connectivity index (χ0) is 18.4. The lowest BCUT2D eigenvalue weighted by molar-refractivity contribution is -0.153. The molecule has 0 radical (unpaired) electrons. The van der Waals surface area contributed by atoms with Gasteiger partial charge in [-0.1, -0.05) is 6.92 Å². The minimum absolute atomic E-state index is 0.0820. The Bertz CT molecular complexity index is 584. The number of halogens is 3. The number of anilines is 1. The van der Waals surface area contributed by atoms with Crippen molar-refractivity contribution in [3.05, 3.63) is 23.8 Å².